The van der Waals surface area contributed by atoms with Gasteiger partial charge in [0.2, 0.25) is 0 Å². The Bertz CT molecular complexity index is 174. The molecule has 0 radical (unpaired) electrons. The molecule has 0 saturated heterocycles. The quantitative estimate of drug-likeness (QED) is 0.698. The van der Waals surface area contributed by atoms with Crippen molar-refractivity contribution in [3.63, 3.8) is 0 Å². The molecule has 2 nitrogen and oxygen atoms in total. The summed E-state index contributed by atoms with van der Waals surface area (Å²) in [6, 6.07) is 1.53. The SMILES string of the molecule is N[C@@H](CCF)c1ccoc1. The highest BCUT2D eigenvalue weighted by Crippen LogP contribution is 2.13. The zero-order valence-corrected chi connectivity index (χ0v) is 5.59. The smallest absolute Gasteiger partial charge is 0.0950 e. The third-order valence-corrected chi connectivity index (χ3v) is 1.39. The van der Waals surface area contributed by atoms with Crippen molar-refractivity contribution in [3.05, 3.63) is 24.2 Å². The Balaban J connectivity index is 2.50. The average Bonchev–Trinajstić information content (AvgIpc) is 2.38. The molecule has 0 unspecified atom stereocenters. The van der Waals surface area contributed by atoms with Crippen LogP contribution in [-0.2, 0) is 0 Å². The first-order chi connectivity index (χ1) is 4.84. The molecule has 56 valence electrons. The lowest BCUT2D eigenvalue weighted by Gasteiger charge is -2.03. The summed E-state index contributed by atoms with van der Waals surface area (Å²) in [5.74, 6) is 0. The molecule has 0 fully saturated rings. The third kappa shape index (κ3) is 1.57. The fourth-order valence-corrected chi connectivity index (χ4v) is 0.770. The third-order valence-electron chi connectivity index (χ3n) is 1.39. The second kappa shape index (κ2) is 3.37. The minimum absolute atomic E-state index is 0.219. The lowest BCUT2D eigenvalue weighted by Crippen LogP contribution is -2.09. The van der Waals surface area contributed by atoms with Gasteiger partial charge >= 0.3 is 0 Å². The first kappa shape index (κ1) is 7.28. The van der Waals surface area contributed by atoms with Crippen LogP contribution in [0.4, 0.5) is 4.39 Å². The molecule has 3 heteroatoms. The van der Waals surface area contributed by atoms with Crippen molar-refractivity contribution in [2.75, 3.05) is 6.67 Å². The van der Waals surface area contributed by atoms with Crippen LogP contribution < -0.4 is 5.73 Å². The molecule has 0 saturated carbocycles. The highest BCUT2D eigenvalue weighted by molar-refractivity contribution is 5.10. The molecule has 1 rings (SSSR count). The molecule has 1 atom stereocenters. The monoisotopic (exact) mass is 143 g/mol. The van der Waals surface area contributed by atoms with Gasteiger partial charge in [-0.2, -0.15) is 0 Å². The summed E-state index contributed by atoms with van der Waals surface area (Å²) in [6.45, 7) is -0.383. The van der Waals surface area contributed by atoms with Crippen LogP contribution in [0.15, 0.2) is 23.0 Å². The van der Waals surface area contributed by atoms with E-state index in [9.17, 15) is 4.39 Å². The zero-order valence-electron chi connectivity index (χ0n) is 5.59. The molecule has 10 heavy (non-hydrogen) atoms. The van der Waals surface area contributed by atoms with Crippen LogP contribution in [0.1, 0.15) is 18.0 Å². The minimum Gasteiger partial charge on any atom is -0.472 e. The summed E-state index contributed by atoms with van der Waals surface area (Å²) in [4.78, 5) is 0. The van der Waals surface area contributed by atoms with Crippen molar-refractivity contribution >= 4 is 0 Å². The largest absolute Gasteiger partial charge is 0.472 e. The summed E-state index contributed by atoms with van der Waals surface area (Å²) in [5, 5.41) is 0. The molecule has 0 aliphatic rings. The Morgan fingerprint density at radius 1 is 1.70 bits per heavy atom. The van der Waals surface area contributed by atoms with E-state index in [0.29, 0.717) is 6.42 Å². The number of furan rings is 1. The fraction of sp³-hybridized carbons (Fsp3) is 0.429. The van der Waals surface area contributed by atoms with E-state index in [1.54, 1.807) is 12.3 Å². The Kier molecular flexibility index (Phi) is 2.45. The summed E-state index contributed by atoms with van der Waals surface area (Å²) >= 11 is 0. The van der Waals surface area contributed by atoms with Gasteiger partial charge in [-0.3, -0.25) is 4.39 Å². The van der Waals surface area contributed by atoms with Crippen LogP contribution >= 0.6 is 0 Å². The molecule has 0 spiro atoms. The highest BCUT2D eigenvalue weighted by atomic mass is 19.1. The van der Waals surface area contributed by atoms with Crippen LogP contribution in [-0.4, -0.2) is 6.67 Å². The van der Waals surface area contributed by atoms with Crippen molar-refractivity contribution in [2.24, 2.45) is 5.73 Å². The van der Waals surface area contributed by atoms with E-state index in [1.807, 2.05) is 0 Å². The number of rotatable bonds is 3. The molecule has 0 aliphatic carbocycles. The summed E-state index contributed by atoms with van der Waals surface area (Å²) in [6.07, 6.45) is 3.44. The van der Waals surface area contributed by atoms with Gasteiger partial charge in [-0.15, -0.1) is 0 Å². The Morgan fingerprint density at radius 2 is 2.50 bits per heavy atom. The Morgan fingerprint density at radius 3 is 3.00 bits per heavy atom. The number of nitrogens with two attached hydrogens (primary N) is 1. The van der Waals surface area contributed by atoms with E-state index in [0.717, 1.165) is 5.56 Å². The van der Waals surface area contributed by atoms with Gasteiger partial charge in [-0.25, -0.2) is 0 Å². The fourth-order valence-electron chi connectivity index (χ4n) is 0.770. The van der Waals surface area contributed by atoms with E-state index in [2.05, 4.69) is 0 Å². The zero-order chi connectivity index (χ0) is 7.40. The molecule has 0 aromatic carbocycles. The topological polar surface area (TPSA) is 39.2 Å². The highest BCUT2D eigenvalue weighted by Gasteiger charge is 2.05. The van der Waals surface area contributed by atoms with Gasteiger partial charge in [-0.05, 0) is 12.5 Å². The number of alkyl halides is 1. The predicted molar refractivity (Wildman–Crippen MR) is 36.2 cm³/mol. The Labute approximate surface area is 58.8 Å². The van der Waals surface area contributed by atoms with Crippen molar-refractivity contribution in [1.29, 1.82) is 0 Å². The maximum Gasteiger partial charge on any atom is 0.0950 e. The number of hydrogen-bond acceptors (Lipinski definition) is 2. The molecule has 1 aromatic rings. The number of halogens is 1. The average molecular weight is 143 g/mol. The molecular formula is C7H10FNO. The molecule has 1 heterocycles. The first-order valence-corrected chi connectivity index (χ1v) is 3.18. The second-order valence-electron chi connectivity index (χ2n) is 2.14. The van der Waals surface area contributed by atoms with Crippen molar-refractivity contribution < 1.29 is 8.81 Å². The van der Waals surface area contributed by atoms with Crippen LogP contribution in [0, 0.1) is 0 Å². The van der Waals surface area contributed by atoms with Gasteiger partial charge in [-0.1, -0.05) is 0 Å². The van der Waals surface area contributed by atoms with Gasteiger partial charge < -0.3 is 10.2 Å². The van der Waals surface area contributed by atoms with Crippen LogP contribution in [0.3, 0.4) is 0 Å². The van der Waals surface area contributed by atoms with Crippen LogP contribution in [0.2, 0.25) is 0 Å². The van der Waals surface area contributed by atoms with Gasteiger partial charge in [0.15, 0.2) is 0 Å². The van der Waals surface area contributed by atoms with Crippen LogP contribution in [0.25, 0.3) is 0 Å². The lowest BCUT2D eigenvalue weighted by molar-refractivity contribution is 0.440. The maximum atomic E-state index is 11.7. The lowest BCUT2D eigenvalue weighted by atomic mass is 10.1. The van der Waals surface area contributed by atoms with Crippen molar-refractivity contribution in [3.8, 4) is 0 Å². The number of hydrogen-bond donors (Lipinski definition) is 1. The molecular weight excluding hydrogens is 133 g/mol. The van der Waals surface area contributed by atoms with Gasteiger partial charge in [0.25, 0.3) is 0 Å². The Hall–Kier alpha value is -0.830. The van der Waals surface area contributed by atoms with E-state index in [4.69, 9.17) is 10.2 Å². The van der Waals surface area contributed by atoms with E-state index in [-0.39, 0.29) is 12.7 Å². The normalized spacial score (nSPS) is 13.4. The molecule has 2 N–H and O–H groups in total. The van der Waals surface area contributed by atoms with Gasteiger partial charge in [0.05, 0.1) is 19.2 Å². The van der Waals surface area contributed by atoms with E-state index >= 15 is 0 Å². The molecule has 1 aromatic heterocycles. The van der Waals surface area contributed by atoms with E-state index in [1.165, 1.54) is 6.26 Å². The predicted octanol–water partition coefficient (Wildman–Crippen LogP) is 1.64. The van der Waals surface area contributed by atoms with Gasteiger partial charge in [0, 0.05) is 11.6 Å². The summed E-state index contributed by atoms with van der Waals surface area (Å²) in [5.41, 5.74) is 6.41. The molecule has 0 amide bonds. The maximum absolute atomic E-state index is 11.7. The first-order valence-electron chi connectivity index (χ1n) is 3.18. The molecule has 0 aliphatic heterocycles. The molecule has 0 bridgehead atoms. The summed E-state index contributed by atoms with van der Waals surface area (Å²) < 4.78 is 16.5. The van der Waals surface area contributed by atoms with E-state index < -0.39 is 0 Å². The summed E-state index contributed by atoms with van der Waals surface area (Å²) in [7, 11) is 0. The second-order valence-corrected chi connectivity index (χ2v) is 2.14. The van der Waals surface area contributed by atoms with Crippen molar-refractivity contribution in [1.82, 2.24) is 0 Å². The standard InChI is InChI=1S/C7H10FNO/c8-3-1-7(9)6-2-4-10-5-6/h2,4-5,7H,1,3,9H2/t7-/m0/s1. The van der Waals surface area contributed by atoms with Crippen molar-refractivity contribution in [2.45, 2.75) is 12.5 Å². The minimum atomic E-state index is -0.383. The van der Waals surface area contributed by atoms with Gasteiger partial charge in [0.1, 0.15) is 0 Å². The van der Waals surface area contributed by atoms with Crippen LogP contribution in [0.5, 0.6) is 0 Å².